The van der Waals surface area contributed by atoms with E-state index in [-0.39, 0.29) is 60.4 Å². The molecule has 224 valence electrons. The lowest BCUT2D eigenvalue weighted by Crippen LogP contribution is -2.36. The van der Waals surface area contributed by atoms with Crippen LogP contribution in [0.25, 0.3) is 0 Å². The molecular formula is C30H36Cl3N7O2. The van der Waals surface area contributed by atoms with Gasteiger partial charge in [-0.25, -0.2) is 9.97 Å². The predicted molar refractivity (Wildman–Crippen MR) is 173 cm³/mol. The molecule has 2 atom stereocenters. The van der Waals surface area contributed by atoms with Crippen molar-refractivity contribution in [3.05, 3.63) is 111 Å². The highest BCUT2D eigenvalue weighted by Crippen LogP contribution is 2.27. The molecule has 3 aromatic heterocycles. The first-order valence-corrected chi connectivity index (χ1v) is 13.1. The van der Waals surface area contributed by atoms with Crippen molar-refractivity contribution in [3.63, 3.8) is 0 Å². The second kappa shape index (κ2) is 15.0. The second-order valence-corrected chi connectivity index (χ2v) is 10.1. The number of hydrogen-bond acceptors (Lipinski definition) is 7. The molecule has 1 amide bonds. The molecule has 0 aliphatic carbocycles. The summed E-state index contributed by atoms with van der Waals surface area (Å²) in [5, 5.41) is 6.23. The van der Waals surface area contributed by atoms with Crippen LogP contribution in [0.4, 0.5) is 11.6 Å². The van der Waals surface area contributed by atoms with E-state index in [1.807, 2.05) is 31.2 Å². The van der Waals surface area contributed by atoms with Crippen LogP contribution in [0.5, 0.6) is 0 Å². The molecule has 1 aliphatic rings. The summed E-state index contributed by atoms with van der Waals surface area (Å²) in [7, 11) is 0. The summed E-state index contributed by atoms with van der Waals surface area (Å²) in [6, 6.07) is 15.2. The van der Waals surface area contributed by atoms with Gasteiger partial charge >= 0.3 is 0 Å². The average molecular weight is 633 g/mol. The molecule has 0 unspecified atom stereocenters. The Morgan fingerprint density at radius 3 is 2.52 bits per heavy atom. The van der Waals surface area contributed by atoms with Crippen LogP contribution in [0, 0.1) is 20.8 Å². The molecule has 1 aliphatic heterocycles. The van der Waals surface area contributed by atoms with Gasteiger partial charge in [-0.3, -0.25) is 19.1 Å². The number of aromatic nitrogens is 4. The fourth-order valence-electron chi connectivity index (χ4n) is 5.06. The molecule has 0 saturated carbocycles. The summed E-state index contributed by atoms with van der Waals surface area (Å²) in [6.07, 6.45) is 4.63. The van der Waals surface area contributed by atoms with E-state index in [0.717, 1.165) is 28.2 Å². The number of benzene rings is 1. The lowest BCUT2D eigenvalue weighted by Gasteiger charge is -2.20. The number of nitrogens with one attached hydrogen (secondary N) is 2. The van der Waals surface area contributed by atoms with Crippen LogP contribution in [-0.2, 0) is 17.8 Å². The van der Waals surface area contributed by atoms with Crippen LogP contribution < -0.4 is 21.9 Å². The van der Waals surface area contributed by atoms with E-state index in [0.29, 0.717) is 31.7 Å². The Morgan fingerprint density at radius 1 is 1.05 bits per heavy atom. The molecule has 4 N–H and O–H groups in total. The van der Waals surface area contributed by atoms with Gasteiger partial charge in [0.15, 0.2) is 5.82 Å². The van der Waals surface area contributed by atoms with Crippen molar-refractivity contribution >= 4 is 54.8 Å². The van der Waals surface area contributed by atoms with Gasteiger partial charge in [-0.05, 0) is 74.1 Å². The van der Waals surface area contributed by atoms with E-state index in [1.54, 1.807) is 23.0 Å². The largest absolute Gasteiger partial charge is 0.384 e. The molecule has 42 heavy (non-hydrogen) atoms. The number of amides is 1. The number of carbonyl (C=O) groups is 1. The smallest absolute Gasteiger partial charge is 0.294 e. The van der Waals surface area contributed by atoms with Gasteiger partial charge in [0.25, 0.3) is 5.56 Å². The molecule has 0 bridgehead atoms. The zero-order chi connectivity index (χ0) is 27.5. The molecule has 0 radical (unpaired) electrons. The lowest BCUT2D eigenvalue weighted by molar-refractivity contribution is -0.124. The van der Waals surface area contributed by atoms with Crippen molar-refractivity contribution in [2.24, 2.45) is 0 Å². The van der Waals surface area contributed by atoms with Gasteiger partial charge < -0.3 is 16.4 Å². The number of fused-ring (bicyclic) bond motifs is 1. The number of nitrogens with two attached hydrogens (primary N) is 1. The van der Waals surface area contributed by atoms with E-state index < -0.39 is 6.04 Å². The third-order valence-corrected chi connectivity index (χ3v) is 7.48. The minimum absolute atomic E-state index is 0. The number of nitrogen functional groups attached to an aromatic ring is 1. The number of nitrogens with zero attached hydrogens (tertiary/aromatic N) is 4. The summed E-state index contributed by atoms with van der Waals surface area (Å²) in [5.41, 5.74) is 12.3. The number of aryl methyl sites for hydroxylation is 4. The second-order valence-electron chi connectivity index (χ2n) is 10.1. The lowest BCUT2D eigenvalue weighted by atomic mass is 9.92. The topological polar surface area (TPSA) is 128 Å². The summed E-state index contributed by atoms with van der Waals surface area (Å²) in [4.78, 5) is 40.0. The van der Waals surface area contributed by atoms with Crippen LogP contribution in [-0.4, -0.2) is 32.0 Å². The Bertz CT molecular complexity index is 1580. The van der Waals surface area contributed by atoms with Gasteiger partial charge in [0.2, 0.25) is 5.91 Å². The Morgan fingerprint density at radius 2 is 1.83 bits per heavy atom. The molecule has 1 aromatic carbocycles. The van der Waals surface area contributed by atoms with E-state index in [1.165, 1.54) is 11.1 Å². The standard InChI is InChI=1S/C30H33N7O2.3ClH/c1-18-7-8-21(14-19(18)2)24(25-6-4-5-13-32-25)17-34-28-30(39)37-23(16-33-28)10-11-26(37)29(38)35-15-22-9-12-27(31)36-20(22)3;;;/h4-9,12-14,16,24,26H,10-11,15,17H2,1-3H3,(H2,31,36)(H,33,34)(H,35,38);3*1H/t24-,26+;;;/m1.../s1. The van der Waals surface area contributed by atoms with Gasteiger partial charge in [-0.1, -0.05) is 30.3 Å². The fourth-order valence-corrected chi connectivity index (χ4v) is 5.06. The zero-order valence-electron chi connectivity index (χ0n) is 23.7. The van der Waals surface area contributed by atoms with E-state index in [9.17, 15) is 9.59 Å². The number of anilines is 2. The minimum Gasteiger partial charge on any atom is -0.384 e. The van der Waals surface area contributed by atoms with Crippen molar-refractivity contribution < 1.29 is 4.79 Å². The average Bonchev–Trinajstić information content (AvgIpc) is 3.37. The monoisotopic (exact) mass is 631 g/mol. The highest BCUT2D eigenvalue weighted by atomic mass is 35.5. The highest BCUT2D eigenvalue weighted by molar-refractivity contribution is 5.86. The Labute approximate surface area is 264 Å². The first-order valence-electron chi connectivity index (χ1n) is 13.1. The first-order chi connectivity index (χ1) is 18.8. The van der Waals surface area contributed by atoms with Crippen molar-refractivity contribution in [1.29, 1.82) is 0 Å². The number of carbonyl (C=O) groups excluding carboxylic acids is 1. The predicted octanol–water partition coefficient (Wildman–Crippen LogP) is 4.85. The fraction of sp³-hybridized carbons (Fsp3) is 0.300. The van der Waals surface area contributed by atoms with Gasteiger partial charge in [-0.2, -0.15) is 0 Å². The third kappa shape index (κ3) is 7.40. The number of rotatable bonds is 8. The summed E-state index contributed by atoms with van der Waals surface area (Å²) >= 11 is 0. The van der Waals surface area contributed by atoms with Crippen LogP contribution in [0.3, 0.4) is 0 Å². The van der Waals surface area contributed by atoms with Crippen LogP contribution in [0.15, 0.2) is 65.7 Å². The maximum atomic E-state index is 13.5. The minimum atomic E-state index is -0.593. The Hall–Kier alpha value is -3.66. The molecular weight excluding hydrogens is 597 g/mol. The van der Waals surface area contributed by atoms with Crippen LogP contribution >= 0.6 is 37.2 Å². The van der Waals surface area contributed by atoms with Crippen molar-refractivity contribution in [3.8, 4) is 0 Å². The molecule has 4 heterocycles. The molecule has 9 nitrogen and oxygen atoms in total. The van der Waals surface area contributed by atoms with Crippen molar-refractivity contribution in [2.45, 2.75) is 52.1 Å². The first kappa shape index (κ1) is 34.5. The molecule has 0 fully saturated rings. The summed E-state index contributed by atoms with van der Waals surface area (Å²) in [5.74, 6) is 0.377. The molecule has 5 rings (SSSR count). The third-order valence-electron chi connectivity index (χ3n) is 7.48. The Balaban J connectivity index is 0.00000205. The van der Waals surface area contributed by atoms with Crippen LogP contribution in [0.1, 0.15) is 57.7 Å². The van der Waals surface area contributed by atoms with E-state index >= 15 is 0 Å². The highest BCUT2D eigenvalue weighted by Gasteiger charge is 2.31. The molecule has 0 spiro atoms. The number of hydrogen-bond donors (Lipinski definition) is 3. The van der Waals surface area contributed by atoms with E-state index in [2.05, 4.69) is 57.6 Å². The van der Waals surface area contributed by atoms with Gasteiger partial charge in [0, 0.05) is 48.5 Å². The molecule has 0 saturated heterocycles. The quantitative estimate of drug-likeness (QED) is 0.253. The van der Waals surface area contributed by atoms with Crippen molar-refractivity contribution in [2.75, 3.05) is 17.6 Å². The summed E-state index contributed by atoms with van der Waals surface area (Å²) in [6.45, 7) is 6.78. The molecule has 4 aromatic rings. The zero-order valence-corrected chi connectivity index (χ0v) is 26.1. The van der Waals surface area contributed by atoms with E-state index in [4.69, 9.17) is 5.73 Å². The maximum absolute atomic E-state index is 13.5. The van der Waals surface area contributed by atoms with Gasteiger partial charge in [0.05, 0.1) is 0 Å². The van der Waals surface area contributed by atoms with Crippen molar-refractivity contribution in [1.82, 2.24) is 24.8 Å². The van der Waals surface area contributed by atoms with Gasteiger partial charge in [-0.15, -0.1) is 37.2 Å². The Kier molecular flexibility index (Phi) is 12.3. The SMILES string of the molecule is Cc1ccc([C@@H](CNc2ncc3n(c2=O)[C@H](C(=O)NCc2ccc(N)nc2C)CC3)c2ccccn2)cc1C.Cl.Cl.Cl. The number of halogens is 3. The number of pyridine rings is 2. The van der Waals surface area contributed by atoms with Crippen LogP contribution in [0.2, 0.25) is 0 Å². The maximum Gasteiger partial charge on any atom is 0.294 e. The molecule has 12 heteroatoms. The summed E-state index contributed by atoms with van der Waals surface area (Å²) < 4.78 is 1.57. The van der Waals surface area contributed by atoms with Gasteiger partial charge in [0.1, 0.15) is 11.9 Å². The normalized spacial score (nSPS) is 13.9.